The highest BCUT2D eigenvalue weighted by Crippen LogP contribution is 2.38. The van der Waals surface area contributed by atoms with Crippen molar-refractivity contribution in [2.45, 2.75) is 52.0 Å². The number of amides is 2. The molecule has 0 unspecified atom stereocenters. The number of thiophene rings is 1. The van der Waals surface area contributed by atoms with Crippen LogP contribution in [0.2, 0.25) is 0 Å². The lowest BCUT2D eigenvalue weighted by Crippen LogP contribution is -2.37. The zero-order chi connectivity index (χ0) is 22.5. The summed E-state index contributed by atoms with van der Waals surface area (Å²) in [5.74, 6) is 1.50. The minimum absolute atomic E-state index is 0.101. The Morgan fingerprint density at radius 2 is 1.94 bits per heavy atom. The fourth-order valence-electron chi connectivity index (χ4n) is 4.34. The van der Waals surface area contributed by atoms with E-state index >= 15 is 0 Å². The lowest BCUT2D eigenvalue weighted by molar-refractivity contribution is 0.172. The van der Waals surface area contributed by atoms with Gasteiger partial charge < -0.3 is 10.2 Å². The molecule has 6 heteroatoms. The van der Waals surface area contributed by atoms with Crippen LogP contribution in [0, 0.1) is 0 Å². The molecule has 0 atom stereocenters. The first-order chi connectivity index (χ1) is 15.6. The highest BCUT2D eigenvalue weighted by Gasteiger charge is 2.24. The molecule has 32 heavy (non-hydrogen) atoms. The molecule has 2 amide bonds. The Morgan fingerprint density at radius 1 is 1.19 bits per heavy atom. The second-order valence-electron chi connectivity index (χ2n) is 8.70. The van der Waals surface area contributed by atoms with Crippen molar-refractivity contribution in [1.82, 2.24) is 4.90 Å². The largest absolute Gasteiger partial charge is 0.336 e. The van der Waals surface area contributed by atoms with Crippen LogP contribution >= 0.6 is 23.3 Å². The first-order valence-electron chi connectivity index (χ1n) is 11.6. The fourth-order valence-corrected chi connectivity index (χ4v) is 6.16. The van der Waals surface area contributed by atoms with Crippen molar-refractivity contribution in [3.63, 3.8) is 0 Å². The number of urea groups is 1. The van der Waals surface area contributed by atoms with Crippen molar-refractivity contribution in [3.8, 4) is 0 Å². The van der Waals surface area contributed by atoms with Gasteiger partial charge in [-0.25, -0.2) is 9.10 Å². The molecule has 1 N–H and O–H groups in total. The maximum Gasteiger partial charge on any atom is 0.336 e. The minimum Gasteiger partial charge on any atom is -0.307 e. The van der Waals surface area contributed by atoms with Crippen LogP contribution in [0.25, 0.3) is 10.1 Å². The van der Waals surface area contributed by atoms with E-state index in [0.29, 0.717) is 12.0 Å². The Bertz CT molecular complexity index is 1030. The van der Waals surface area contributed by atoms with E-state index in [9.17, 15) is 4.79 Å². The number of nitrogens with one attached hydrogen (secondary N) is 1. The number of para-hydroxylation sites is 1. The molecule has 4 rings (SSSR count). The first-order valence-corrected chi connectivity index (χ1v) is 13.4. The number of piperidine rings is 1. The van der Waals surface area contributed by atoms with Crippen LogP contribution in [0.3, 0.4) is 0 Å². The molecule has 1 aromatic heterocycles. The fraction of sp³-hybridized carbons (Fsp3) is 0.423. The van der Waals surface area contributed by atoms with Gasteiger partial charge in [0.15, 0.2) is 0 Å². The number of benzene rings is 2. The summed E-state index contributed by atoms with van der Waals surface area (Å²) in [6.07, 6.45) is 3.42. The molecule has 1 aliphatic rings. The molecule has 2 aromatic carbocycles. The highest BCUT2D eigenvalue weighted by atomic mass is 32.2. The van der Waals surface area contributed by atoms with Gasteiger partial charge in [-0.15, -0.1) is 11.3 Å². The van der Waals surface area contributed by atoms with Crippen LogP contribution in [-0.4, -0.2) is 35.8 Å². The van der Waals surface area contributed by atoms with E-state index in [1.807, 2.05) is 47.7 Å². The third-order valence-electron chi connectivity index (χ3n) is 6.15. The predicted molar refractivity (Wildman–Crippen MR) is 141 cm³/mol. The molecular formula is C26H33N3OS2. The zero-order valence-corrected chi connectivity index (χ0v) is 20.8. The maximum atomic E-state index is 13.2. The third kappa shape index (κ3) is 5.30. The van der Waals surface area contributed by atoms with E-state index in [1.165, 1.54) is 28.5 Å². The monoisotopic (exact) mass is 467 g/mol. The molecule has 1 saturated heterocycles. The summed E-state index contributed by atoms with van der Waals surface area (Å²) in [6.45, 7) is 9.03. The van der Waals surface area contributed by atoms with Gasteiger partial charge in [-0.05, 0) is 111 Å². The Morgan fingerprint density at radius 3 is 2.62 bits per heavy atom. The molecule has 2 heterocycles. The standard InChI is InChI=1S/C26H33N3OS2/c1-4-16-32-29(22-8-6-5-7-9-22)26(30)27-21-10-11-25-23(17-21)24(18-31-25)20-12-14-28(15-13-20)19(2)3/h5-11,17-20H,4,12-16H2,1-3H3,(H,27,30). The summed E-state index contributed by atoms with van der Waals surface area (Å²) in [6, 6.07) is 16.7. The number of hydrogen-bond acceptors (Lipinski definition) is 4. The lowest BCUT2D eigenvalue weighted by Gasteiger charge is -2.34. The molecule has 0 saturated carbocycles. The SMILES string of the molecule is CCCSN(C(=O)Nc1ccc2scc(C3CCN(C(C)C)CC3)c2c1)c1ccccc1. The van der Waals surface area contributed by atoms with Crippen LogP contribution in [0.1, 0.15) is 51.5 Å². The first kappa shape index (κ1) is 23.1. The number of hydrogen-bond donors (Lipinski definition) is 1. The minimum atomic E-state index is -0.101. The molecule has 0 radical (unpaired) electrons. The van der Waals surface area contributed by atoms with E-state index in [0.717, 1.165) is 36.6 Å². The molecule has 0 spiro atoms. The average molecular weight is 468 g/mol. The van der Waals surface area contributed by atoms with E-state index in [4.69, 9.17) is 0 Å². The van der Waals surface area contributed by atoms with Gasteiger partial charge in [-0.2, -0.15) is 0 Å². The molecule has 1 fully saturated rings. The van der Waals surface area contributed by atoms with Gasteiger partial charge >= 0.3 is 6.03 Å². The van der Waals surface area contributed by atoms with E-state index < -0.39 is 0 Å². The van der Waals surface area contributed by atoms with Crippen LogP contribution in [0.15, 0.2) is 53.9 Å². The summed E-state index contributed by atoms with van der Waals surface area (Å²) in [7, 11) is 0. The number of likely N-dealkylation sites (tertiary alicyclic amines) is 1. The normalized spacial score (nSPS) is 15.4. The van der Waals surface area contributed by atoms with Crippen LogP contribution < -0.4 is 9.62 Å². The summed E-state index contributed by atoms with van der Waals surface area (Å²) in [4.78, 5) is 15.7. The molecule has 170 valence electrons. The Labute approximate surface area is 200 Å². The van der Waals surface area contributed by atoms with Crippen molar-refractivity contribution >= 4 is 50.8 Å². The maximum absolute atomic E-state index is 13.2. The third-order valence-corrected chi connectivity index (χ3v) is 8.36. The highest BCUT2D eigenvalue weighted by molar-refractivity contribution is 8.01. The van der Waals surface area contributed by atoms with Crippen LogP contribution in [0.4, 0.5) is 16.2 Å². The second kappa shape index (κ2) is 10.7. The average Bonchev–Trinajstić information content (AvgIpc) is 3.23. The molecule has 0 aliphatic carbocycles. The summed E-state index contributed by atoms with van der Waals surface area (Å²) < 4.78 is 3.06. The van der Waals surface area contributed by atoms with Crippen molar-refractivity contribution in [2.75, 3.05) is 28.5 Å². The van der Waals surface area contributed by atoms with Gasteiger partial charge in [0.1, 0.15) is 0 Å². The van der Waals surface area contributed by atoms with Gasteiger partial charge in [0.05, 0.1) is 5.69 Å². The number of fused-ring (bicyclic) bond motifs is 1. The Hall–Kier alpha value is -2.02. The zero-order valence-electron chi connectivity index (χ0n) is 19.2. The van der Waals surface area contributed by atoms with Crippen molar-refractivity contribution in [1.29, 1.82) is 0 Å². The number of carbonyl (C=O) groups excluding carboxylic acids is 1. The van der Waals surface area contributed by atoms with Gasteiger partial charge in [-0.1, -0.05) is 25.1 Å². The number of rotatable bonds is 7. The topological polar surface area (TPSA) is 35.6 Å². The second-order valence-corrected chi connectivity index (χ2v) is 10.6. The summed E-state index contributed by atoms with van der Waals surface area (Å²) >= 11 is 3.37. The van der Waals surface area contributed by atoms with Gasteiger partial charge in [0, 0.05) is 22.2 Å². The molecular weight excluding hydrogens is 434 g/mol. The Kier molecular flexibility index (Phi) is 7.76. The van der Waals surface area contributed by atoms with E-state index in [1.54, 1.807) is 16.3 Å². The van der Waals surface area contributed by atoms with Crippen molar-refractivity contribution in [2.24, 2.45) is 0 Å². The van der Waals surface area contributed by atoms with E-state index in [2.05, 4.69) is 48.5 Å². The predicted octanol–water partition coefficient (Wildman–Crippen LogP) is 7.59. The quantitative estimate of drug-likeness (QED) is 0.364. The molecule has 4 nitrogen and oxygen atoms in total. The summed E-state index contributed by atoms with van der Waals surface area (Å²) in [5, 5.41) is 6.77. The number of carbonyl (C=O) groups is 1. The van der Waals surface area contributed by atoms with Crippen molar-refractivity contribution < 1.29 is 4.79 Å². The summed E-state index contributed by atoms with van der Waals surface area (Å²) in [5.41, 5.74) is 3.21. The lowest BCUT2D eigenvalue weighted by atomic mass is 9.88. The Balaban J connectivity index is 1.52. The van der Waals surface area contributed by atoms with Crippen molar-refractivity contribution in [3.05, 3.63) is 59.5 Å². The van der Waals surface area contributed by atoms with E-state index in [-0.39, 0.29) is 6.03 Å². The number of nitrogens with zero attached hydrogens (tertiary/aromatic N) is 2. The van der Waals surface area contributed by atoms with Crippen LogP contribution in [0.5, 0.6) is 0 Å². The van der Waals surface area contributed by atoms with Crippen LogP contribution in [-0.2, 0) is 0 Å². The molecule has 1 aliphatic heterocycles. The smallest absolute Gasteiger partial charge is 0.307 e. The molecule has 0 bridgehead atoms. The van der Waals surface area contributed by atoms with Gasteiger partial charge in [0.2, 0.25) is 0 Å². The number of anilines is 2. The van der Waals surface area contributed by atoms with Gasteiger partial charge in [-0.3, -0.25) is 0 Å². The van der Waals surface area contributed by atoms with Gasteiger partial charge in [0.25, 0.3) is 0 Å². The molecule has 3 aromatic rings.